The van der Waals surface area contributed by atoms with E-state index in [0.717, 1.165) is 12.8 Å². The van der Waals surface area contributed by atoms with Gasteiger partial charge in [-0.3, -0.25) is 4.98 Å². The maximum absolute atomic E-state index is 7.00. The third kappa shape index (κ3) is 2.04. The summed E-state index contributed by atoms with van der Waals surface area (Å²) in [5, 5.41) is 9.51. The molecule has 0 bridgehead atoms. The van der Waals surface area contributed by atoms with Crippen molar-refractivity contribution in [2.45, 2.75) is 6.92 Å². The highest BCUT2D eigenvalue weighted by atomic mass is 16.2. The largest absolute Gasteiger partial charge is 0.400 e. The average molecular weight is 175 g/mol. The summed E-state index contributed by atoms with van der Waals surface area (Å²) >= 11 is 0. The number of aryl methyl sites for hydroxylation is 1. The predicted octanol–water partition coefficient (Wildman–Crippen LogP) is 2.15. The summed E-state index contributed by atoms with van der Waals surface area (Å²) in [6.45, 7) is 2.03. The van der Waals surface area contributed by atoms with Crippen molar-refractivity contribution in [1.82, 2.24) is 4.98 Å². The molecule has 0 saturated heterocycles. The van der Waals surface area contributed by atoms with Crippen LogP contribution in [0.5, 0.6) is 0 Å². The van der Waals surface area contributed by atoms with Crippen molar-refractivity contribution in [1.29, 1.82) is 0 Å². The lowest BCUT2D eigenvalue weighted by molar-refractivity contribution is 0.399. The summed E-state index contributed by atoms with van der Waals surface area (Å²) < 4.78 is 0. The molecule has 1 heterocycles. The Hall–Kier alpha value is -1.41. The summed E-state index contributed by atoms with van der Waals surface area (Å²) in [6, 6.07) is 10.3. The van der Waals surface area contributed by atoms with E-state index in [0.29, 0.717) is 0 Å². The van der Waals surface area contributed by atoms with Gasteiger partial charge in [0.05, 0.1) is 0 Å². The minimum absolute atomic E-state index is 1.00. The molecule has 68 valence electrons. The maximum Gasteiger partial charge on any atom is 0.0450 e. The van der Waals surface area contributed by atoms with Crippen LogP contribution in [0.15, 0.2) is 36.5 Å². The molecule has 0 amide bonds. The second kappa shape index (κ2) is 4.58. The van der Waals surface area contributed by atoms with Crippen LogP contribution < -0.4 is 0 Å². The Balaban J connectivity index is 0.000000396. The SMILES string of the molecule is CO.Cc1nccc2ccccc12. The number of rotatable bonds is 0. The average Bonchev–Trinajstić information content (AvgIpc) is 2.22. The van der Waals surface area contributed by atoms with Gasteiger partial charge in [-0.2, -0.15) is 0 Å². The van der Waals surface area contributed by atoms with Gasteiger partial charge in [0.25, 0.3) is 0 Å². The number of benzene rings is 1. The molecule has 2 rings (SSSR count). The van der Waals surface area contributed by atoms with E-state index < -0.39 is 0 Å². The normalized spacial score (nSPS) is 9.15. The molecule has 0 spiro atoms. The molecule has 0 fully saturated rings. The van der Waals surface area contributed by atoms with Crippen LogP contribution in [0.4, 0.5) is 0 Å². The highest BCUT2D eigenvalue weighted by molar-refractivity contribution is 5.83. The van der Waals surface area contributed by atoms with Crippen molar-refractivity contribution in [3.05, 3.63) is 42.2 Å². The Kier molecular flexibility index (Phi) is 3.41. The zero-order valence-corrected chi connectivity index (χ0v) is 7.86. The zero-order valence-electron chi connectivity index (χ0n) is 7.86. The highest BCUT2D eigenvalue weighted by Crippen LogP contribution is 2.14. The highest BCUT2D eigenvalue weighted by Gasteiger charge is 1.93. The number of hydrogen-bond acceptors (Lipinski definition) is 2. The van der Waals surface area contributed by atoms with Crippen molar-refractivity contribution in [2.75, 3.05) is 7.11 Å². The molecular formula is C11H13NO. The van der Waals surface area contributed by atoms with Crippen molar-refractivity contribution >= 4 is 10.8 Å². The molecule has 1 aromatic carbocycles. The van der Waals surface area contributed by atoms with Crippen molar-refractivity contribution in [3.63, 3.8) is 0 Å². The van der Waals surface area contributed by atoms with Gasteiger partial charge in [0.15, 0.2) is 0 Å². The number of nitrogens with zero attached hydrogens (tertiary/aromatic N) is 1. The molecule has 0 aliphatic rings. The lowest BCUT2D eigenvalue weighted by Gasteiger charge is -1.97. The van der Waals surface area contributed by atoms with Crippen LogP contribution in [0.3, 0.4) is 0 Å². The fourth-order valence-corrected chi connectivity index (χ4v) is 1.27. The summed E-state index contributed by atoms with van der Waals surface area (Å²) in [5.41, 5.74) is 1.10. The summed E-state index contributed by atoms with van der Waals surface area (Å²) in [4.78, 5) is 4.21. The van der Waals surface area contributed by atoms with Crippen LogP contribution in [-0.2, 0) is 0 Å². The van der Waals surface area contributed by atoms with Crippen LogP contribution in [0, 0.1) is 6.92 Å². The van der Waals surface area contributed by atoms with Crippen LogP contribution in [0.2, 0.25) is 0 Å². The Bertz CT molecular complexity index is 379. The second-order valence-electron chi connectivity index (χ2n) is 2.62. The maximum atomic E-state index is 7.00. The molecule has 0 aliphatic carbocycles. The van der Waals surface area contributed by atoms with E-state index >= 15 is 0 Å². The monoisotopic (exact) mass is 175 g/mol. The van der Waals surface area contributed by atoms with Gasteiger partial charge in [-0.15, -0.1) is 0 Å². The smallest absolute Gasteiger partial charge is 0.0450 e. The van der Waals surface area contributed by atoms with Gasteiger partial charge >= 0.3 is 0 Å². The predicted molar refractivity (Wildman–Crippen MR) is 54.6 cm³/mol. The summed E-state index contributed by atoms with van der Waals surface area (Å²) in [7, 11) is 1.00. The first-order valence-corrected chi connectivity index (χ1v) is 4.13. The number of fused-ring (bicyclic) bond motifs is 1. The van der Waals surface area contributed by atoms with E-state index in [1.807, 2.05) is 31.3 Å². The Morgan fingerprint density at radius 2 is 1.77 bits per heavy atom. The molecule has 0 saturated carbocycles. The van der Waals surface area contributed by atoms with E-state index in [1.54, 1.807) is 0 Å². The number of aromatic nitrogens is 1. The quantitative estimate of drug-likeness (QED) is 0.665. The van der Waals surface area contributed by atoms with Gasteiger partial charge in [0, 0.05) is 24.4 Å². The number of aliphatic hydroxyl groups is 1. The van der Waals surface area contributed by atoms with Crippen LogP contribution in [-0.4, -0.2) is 17.2 Å². The van der Waals surface area contributed by atoms with Gasteiger partial charge in [-0.25, -0.2) is 0 Å². The molecule has 0 radical (unpaired) electrons. The lowest BCUT2D eigenvalue weighted by Crippen LogP contribution is -1.80. The van der Waals surface area contributed by atoms with Crippen molar-refractivity contribution < 1.29 is 5.11 Å². The number of hydrogen-bond donors (Lipinski definition) is 1. The van der Waals surface area contributed by atoms with Crippen molar-refractivity contribution in [3.8, 4) is 0 Å². The lowest BCUT2D eigenvalue weighted by atomic mass is 10.1. The van der Waals surface area contributed by atoms with Gasteiger partial charge in [0.2, 0.25) is 0 Å². The fraction of sp³-hybridized carbons (Fsp3) is 0.182. The third-order valence-corrected chi connectivity index (χ3v) is 1.87. The third-order valence-electron chi connectivity index (χ3n) is 1.87. The standard InChI is InChI=1S/C10H9N.CH4O/c1-8-10-5-3-2-4-9(10)6-7-11-8;1-2/h2-7H,1H3;2H,1H3. The molecule has 2 aromatic rings. The minimum atomic E-state index is 1.00. The fourth-order valence-electron chi connectivity index (χ4n) is 1.27. The number of pyridine rings is 1. The molecular weight excluding hydrogens is 162 g/mol. The van der Waals surface area contributed by atoms with Gasteiger partial charge in [0.1, 0.15) is 0 Å². The summed E-state index contributed by atoms with van der Waals surface area (Å²) in [6.07, 6.45) is 1.84. The molecule has 2 nitrogen and oxygen atoms in total. The topological polar surface area (TPSA) is 33.1 Å². The molecule has 1 aromatic heterocycles. The van der Waals surface area contributed by atoms with Gasteiger partial charge in [-0.1, -0.05) is 24.3 Å². The summed E-state index contributed by atoms with van der Waals surface area (Å²) in [5.74, 6) is 0. The molecule has 13 heavy (non-hydrogen) atoms. The van der Waals surface area contributed by atoms with Gasteiger partial charge in [-0.05, 0) is 18.4 Å². The van der Waals surface area contributed by atoms with Crippen LogP contribution in [0.25, 0.3) is 10.8 Å². The molecule has 0 atom stereocenters. The second-order valence-corrected chi connectivity index (χ2v) is 2.62. The van der Waals surface area contributed by atoms with E-state index in [-0.39, 0.29) is 0 Å². The first-order chi connectivity index (χ1) is 6.38. The molecule has 2 heteroatoms. The van der Waals surface area contributed by atoms with Crippen LogP contribution >= 0.6 is 0 Å². The van der Waals surface area contributed by atoms with E-state index in [2.05, 4.69) is 17.1 Å². The zero-order chi connectivity index (χ0) is 9.68. The first kappa shape index (κ1) is 9.68. The number of aliphatic hydroxyl groups excluding tert-OH is 1. The Morgan fingerprint density at radius 3 is 2.46 bits per heavy atom. The van der Waals surface area contributed by atoms with Crippen molar-refractivity contribution in [2.24, 2.45) is 0 Å². The van der Waals surface area contributed by atoms with Crippen LogP contribution in [0.1, 0.15) is 5.69 Å². The molecule has 1 N–H and O–H groups in total. The molecule has 0 unspecified atom stereocenters. The van der Waals surface area contributed by atoms with Gasteiger partial charge < -0.3 is 5.11 Å². The van der Waals surface area contributed by atoms with E-state index in [4.69, 9.17) is 5.11 Å². The van der Waals surface area contributed by atoms with E-state index in [9.17, 15) is 0 Å². The van der Waals surface area contributed by atoms with E-state index in [1.165, 1.54) is 10.8 Å². The minimum Gasteiger partial charge on any atom is -0.400 e. The molecule has 0 aliphatic heterocycles. The Morgan fingerprint density at radius 1 is 1.08 bits per heavy atom. The first-order valence-electron chi connectivity index (χ1n) is 4.13. The Labute approximate surface area is 77.9 Å².